The van der Waals surface area contributed by atoms with Crippen molar-refractivity contribution in [3.63, 3.8) is 0 Å². The van der Waals surface area contributed by atoms with Crippen molar-refractivity contribution in [3.8, 4) is 0 Å². The van der Waals surface area contributed by atoms with Crippen molar-refractivity contribution < 1.29 is 4.74 Å². The first-order chi connectivity index (χ1) is 9.28. The second kappa shape index (κ2) is 5.95. The average molecular weight is 283 g/mol. The number of hydrogen-bond donors (Lipinski definition) is 1. The van der Waals surface area contributed by atoms with Crippen LogP contribution < -0.4 is 5.32 Å². The molecule has 3 rings (SSSR count). The lowest BCUT2D eigenvalue weighted by molar-refractivity contribution is -0.175. The van der Waals surface area contributed by atoms with Crippen LogP contribution in [0.5, 0.6) is 0 Å². The molecular formula is C16H29NOS. The first kappa shape index (κ1) is 14.2. The molecule has 3 aliphatic carbocycles. The second-order valence-corrected chi connectivity index (χ2v) is 7.84. The molecule has 0 aromatic carbocycles. The van der Waals surface area contributed by atoms with E-state index >= 15 is 0 Å². The third kappa shape index (κ3) is 2.58. The fourth-order valence-corrected chi connectivity index (χ4v) is 5.29. The first-order valence-corrected chi connectivity index (χ1v) is 9.47. The number of nitrogens with one attached hydrogen (secondary N) is 1. The third-order valence-corrected chi connectivity index (χ3v) is 6.93. The number of hydrogen-bond acceptors (Lipinski definition) is 3. The lowest BCUT2D eigenvalue weighted by Gasteiger charge is -2.62. The molecule has 0 heterocycles. The SMILES string of the molecule is CCOC1CC(NC2CCCC(SC)C2)C12CCC2. The van der Waals surface area contributed by atoms with Crippen molar-refractivity contribution in [2.75, 3.05) is 12.9 Å². The van der Waals surface area contributed by atoms with Gasteiger partial charge in [-0.2, -0.15) is 11.8 Å². The summed E-state index contributed by atoms with van der Waals surface area (Å²) in [7, 11) is 0. The molecule has 1 spiro atoms. The molecule has 4 unspecified atom stereocenters. The molecule has 0 radical (unpaired) electrons. The summed E-state index contributed by atoms with van der Waals surface area (Å²) in [5, 5.41) is 4.90. The third-order valence-electron chi connectivity index (χ3n) is 5.83. The molecule has 2 nitrogen and oxygen atoms in total. The lowest BCUT2D eigenvalue weighted by atomic mass is 9.51. The molecule has 110 valence electrons. The van der Waals surface area contributed by atoms with Gasteiger partial charge in [-0.05, 0) is 51.7 Å². The van der Waals surface area contributed by atoms with Gasteiger partial charge in [-0.3, -0.25) is 0 Å². The summed E-state index contributed by atoms with van der Waals surface area (Å²) in [5.74, 6) is 0. The largest absolute Gasteiger partial charge is 0.378 e. The highest BCUT2D eigenvalue weighted by Crippen LogP contribution is 2.57. The zero-order valence-corrected chi connectivity index (χ0v) is 13.3. The average Bonchev–Trinajstić information content (AvgIpc) is 2.36. The van der Waals surface area contributed by atoms with Crippen molar-refractivity contribution in [2.24, 2.45) is 5.41 Å². The molecule has 3 aliphatic rings. The van der Waals surface area contributed by atoms with Crippen LogP contribution in [0.15, 0.2) is 0 Å². The van der Waals surface area contributed by atoms with Gasteiger partial charge in [0, 0.05) is 29.4 Å². The quantitative estimate of drug-likeness (QED) is 0.833. The van der Waals surface area contributed by atoms with Crippen molar-refractivity contribution in [3.05, 3.63) is 0 Å². The van der Waals surface area contributed by atoms with Crippen LogP contribution in [0.3, 0.4) is 0 Å². The lowest BCUT2D eigenvalue weighted by Crippen LogP contribution is -2.68. The van der Waals surface area contributed by atoms with E-state index in [0.717, 1.165) is 23.9 Å². The number of rotatable bonds is 5. The summed E-state index contributed by atoms with van der Waals surface area (Å²) in [4.78, 5) is 0. The van der Waals surface area contributed by atoms with Crippen LogP contribution >= 0.6 is 11.8 Å². The van der Waals surface area contributed by atoms with Crippen molar-refractivity contribution in [1.29, 1.82) is 0 Å². The van der Waals surface area contributed by atoms with E-state index in [1.165, 1.54) is 51.4 Å². The normalized spacial score (nSPS) is 40.7. The van der Waals surface area contributed by atoms with E-state index in [1.807, 2.05) is 0 Å². The maximum atomic E-state index is 5.95. The van der Waals surface area contributed by atoms with Crippen molar-refractivity contribution in [1.82, 2.24) is 5.32 Å². The zero-order chi connectivity index (χ0) is 13.3. The molecular weight excluding hydrogens is 254 g/mol. The van der Waals surface area contributed by atoms with Crippen LogP contribution in [0, 0.1) is 5.41 Å². The highest BCUT2D eigenvalue weighted by molar-refractivity contribution is 7.99. The zero-order valence-electron chi connectivity index (χ0n) is 12.5. The molecule has 3 saturated carbocycles. The molecule has 0 aromatic rings. The molecule has 0 amide bonds. The minimum Gasteiger partial charge on any atom is -0.378 e. The Morgan fingerprint density at radius 1 is 1.21 bits per heavy atom. The van der Waals surface area contributed by atoms with E-state index < -0.39 is 0 Å². The number of thioether (sulfide) groups is 1. The second-order valence-electron chi connectivity index (χ2n) is 6.71. The van der Waals surface area contributed by atoms with E-state index in [9.17, 15) is 0 Å². The van der Waals surface area contributed by atoms with E-state index in [0.29, 0.717) is 11.5 Å². The molecule has 0 saturated heterocycles. The molecule has 0 bridgehead atoms. The monoisotopic (exact) mass is 283 g/mol. The van der Waals surface area contributed by atoms with Crippen molar-refractivity contribution >= 4 is 11.8 Å². The van der Waals surface area contributed by atoms with Gasteiger partial charge in [0.1, 0.15) is 0 Å². The summed E-state index contributed by atoms with van der Waals surface area (Å²) in [5.41, 5.74) is 0.530. The van der Waals surface area contributed by atoms with Gasteiger partial charge in [0.2, 0.25) is 0 Å². The molecule has 4 atom stereocenters. The van der Waals surface area contributed by atoms with Crippen LogP contribution in [0.4, 0.5) is 0 Å². The smallest absolute Gasteiger partial charge is 0.0661 e. The minimum absolute atomic E-state index is 0.530. The summed E-state index contributed by atoms with van der Waals surface area (Å²) in [6.45, 7) is 3.02. The maximum Gasteiger partial charge on any atom is 0.0661 e. The number of ether oxygens (including phenoxy) is 1. The van der Waals surface area contributed by atoms with E-state index in [1.54, 1.807) is 0 Å². The van der Waals surface area contributed by atoms with Gasteiger partial charge in [0.05, 0.1) is 6.10 Å². The van der Waals surface area contributed by atoms with E-state index in [4.69, 9.17) is 4.74 Å². The van der Waals surface area contributed by atoms with Gasteiger partial charge in [-0.1, -0.05) is 12.8 Å². The Balaban J connectivity index is 1.53. The molecule has 3 fully saturated rings. The molecule has 19 heavy (non-hydrogen) atoms. The topological polar surface area (TPSA) is 21.3 Å². The Kier molecular flexibility index (Phi) is 4.45. The van der Waals surface area contributed by atoms with Gasteiger partial charge in [0.15, 0.2) is 0 Å². The Morgan fingerprint density at radius 2 is 2.05 bits per heavy atom. The van der Waals surface area contributed by atoms with Crippen LogP contribution in [-0.4, -0.2) is 36.3 Å². The van der Waals surface area contributed by atoms with Crippen LogP contribution in [-0.2, 0) is 4.74 Å². The standard InChI is InChI=1S/C16H29NOS/c1-3-18-15-11-14(16(15)8-5-9-16)17-12-6-4-7-13(10-12)19-2/h12-15,17H,3-11H2,1-2H3. The van der Waals surface area contributed by atoms with Gasteiger partial charge >= 0.3 is 0 Å². The predicted octanol–water partition coefficient (Wildman–Crippen LogP) is 3.60. The minimum atomic E-state index is 0.530. The van der Waals surface area contributed by atoms with Crippen LogP contribution in [0.25, 0.3) is 0 Å². The van der Waals surface area contributed by atoms with E-state index in [-0.39, 0.29) is 0 Å². The fourth-order valence-electron chi connectivity index (χ4n) is 4.47. The fraction of sp³-hybridized carbons (Fsp3) is 1.00. The van der Waals surface area contributed by atoms with Crippen LogP contribution in [0.1, 0.15) is 58.3 Å². The molecule has 0 aromatic heterocycles. The molecule has 3 heteroatoms. The molecule has 1 N–H and O–H groups in total. The highest BCUT2D eigenvalue weighted by atomic mass is 32.2. The Bertz CT molecular complexity index is 305. The first-order valence-electron chi connectivity index (χ1n) is 8.19. The summed E-state index contributed by atoms with van der Waals surface area (Å²) in [6, 6.07) is 1.53. The Morgan fingerprint density at radius 3 is 2.68 bits per heavy atom. The Hall–Kier alpha value is 0.270. The van der Waals surface area contributed by atoms with Gasteiger partial charge in [-0.25, -0.2) is 0 Å². The summed E-state index contributed by atoms with van der Waals surface area (Å²) >= 11 is 2.07. The summed E-state index contributed by atoms with van der Waals surface area (Å²) in [6.07, 6.45) is 13.9. The van der Waals surface area contributed by atoms with Crippen LogP contribution in [0.2, 0.25) is 0 Å². The van der Waals surface area contributed by atoms with E-state index in [2.05, 4.69) is 30.3 Å². The maximum absolute atomic E-state index is 5.95. The molecule has 0 aliphatic heterocycles. The van der Waals surface area contributed by atoms with Gasteiger partial charge < -0.3 is 10.1 Å². The predicted molar refractivity (Wildman–Crippen MR) is 82.8 cm³/mol. The Labute approximate surface area is 122 Å². The van der Waals surface area contributed by atoms with Crippen molar-refractivity contribution in [2.45, 2.75) is 81.7 Å². The highest BCUT2D eigenvalue weighted by Gasteiger charge is 2.59. The van der Waals surface area contributed by atoms with Gasteiger partial charge in [0.25, 0.3) is 0 Å². The van der Waals surface area contributed by atoms with Gasteiger partial charge in [-0.15, -0.1) is 0 Å². The summed E-state index contributed by atoms with van der Waals surface area (Å²) < 4.78 is 5.95.